The van der Waals surface area contributed by atoms with Crippen LogP contribution in [0.5, 0.6) is 0 Å². The number of primary amides is 1. The van der Waals surface area contributed by atoms with Crippen LogP contribution in [0.1, 0.15) is 103 Å². The van der Waals surface area contributed by atoms with Crippen molar-refractivity contribution in [2.75, 3.05) is 34.2 Å². The number of nitrogens with two attached hydrogens (primary N) is 2. The first kappa shape index (κ1) is 27.6. The van der Waals surface area contributed by atoms with Crippen LogP contribution >= 0.6 is 0 Å². The Kier molecular flexibility index (Phi) is 22.0. The smallest absolute Gasteiger partial charge is 0.217 e. The minimum absolute atomic E-state index is 0.155. The van der Waals surface area contributed by atoms with Crippen molar-refractivity contribution in [2.45, 2.75) is 103 Å². The maximum Gasteiger partial charge on any atom is 0.217 e. The predicted octanol–water partition coefficient (Wildman–Crippen LogP) is 4.99. The topological polar surface area (TPSA) is 69.1 Å². The Morgan fingerprint density at radius 3 is 1.35 bits per heavy atom. The van der Waals surface area contributed by atoms with Gasteiger partial charge in [0.25, 0.3) is 0 Å². The molecule has 0 aromatic carbocycles. The SMILES string of the molecule is CCCCCCCCCCCCCCCC(N)=O.C[N+](C)(C)CCCN. The molecule has 0 aliphatic carbocycles. The molecule has 0 saturated heterocycles. The average molecular weight is 373 g/mol. The molecule has 0 aliphatic heterocycles. The predicted molar refractivity (Wildman–Crippen MR) is 116 cm³/mol. The lowest BCUT2D eigenvalue weighted by molar-refractivity contribution is -0.870. The van der Waals surface area contributed by atoms with E-state index in [2.05, 4.69) is 28.1 Å². The Bertz CT molecular complexity index is 288. The fourth-order valence-corrected chi connectivity index (χ4v) is 2.88. The second kappa shape index (κ2) is 20.7. The molecule has 0 rings (SSSR count). The summed E-state index contributed by atoms with van der Waals surface area (Å²) in [6, 6.07) is 0. The molecule has 0 fully saturated rings. The van der Waals surface area contributed by atoms with Crippen molar-refractivity contribution in [1.82, 2.24) is 0 Å². The molecule has 4 nitrogen and oxygen atoms in total. The molecule has 0 aromatic rings. The second-order valence-electron chi connectivity index (χ2n) is 8.62. The zero-order valence-electron chi connectivity index (χ0n) is 18.5. The summed E-state index contributed by atoms with van der Waals surface area (Å²) in [6.45, 7) is 4.26. The fraction of sp³-hybridized carbons (Fsp3) is 0.955. The van der Waals surface area contributed by atoms with Gasteiger partial charge in [-0.2, -0.15) is 0 Å². The molecule has 4 N–H and O–H groups in total. The summed E-state index contributed by atoms with van der Waals surface area (Å²) >= 11 is 0. The number of unbranched alkanes of at least 4 members (excludes halogenated alkanes) is 12. The van der Waals surface area contributed by atoms with Crippen LogP contribution in [0.3, 0.4) is 0 Å². The van der Waals surface area contributed by atoms with Crippen LogP contribution in [0.2, 0.25) is 0 Å². The highest BCUT2D eigenvalue weighted by molar-refractivity contribution is 5.73. The van der Waals surface area contributed by atoms with Gasteiger partial charge >= 0.3 is 0 Å². The molecule has 1 amide bonds. The lowest BCUT2D eigenvalue weighted by Gasteiger charge is -2.23. The summed E-state index contributed by atoms with van der Waals surface area (Å²) in [4.78, 5) is 10.5. The lowest BCUT2D eigenvalue weighted by Crippen LogP contribution is -2.36. The van der Waals surface area contributed by atoms with Gasteiger partial charge in [-0.1, -0.05) is 84.0 Å². The number of carbonyl (C=O) groups excluding carboxylic acids is 1. The number of amides is 1. The van der Waals surface area contributed by atoms with Crippen molar-refractivity contribution >= 4 is 5.91 Å². The van der Waals surface area contributed by atoms with Crippen molar-refractivity contribution in [1.29, 1.82) is 0 Å². The van der Waals surface area contributed by atoms with Crippen molar-refractivity contribution in [2.24, 2.45) is 11.5 Å². The Labute approximate surface area is 164 Å². The van der Waals surface area contributed by atoms with E-state index in [0.717, 1.165) is 23.9 Å². The molecule has 0 aliphatic rings. The summed E-state index contributed by atoms with van der Waals surface area (Å²) in [5, 5.41) is 0. The standard InChI is InChI=1S/C16H33NO.C6H17N2/c1-2-3-4-5-6-7-8-9-10-11-12-13-14-15-16(17)18;1-8(2,3)6-4-5-7/h2-15H2,1H3,(H2,17,18);4-7H2,1-3H3/q;+1. The first-order chi connectivity index (χ1) is 12.3. The molecule has 0 unspecified atom stereocenters. The number of hydrogen-bond acceptors (Lipinski definition) is 2. The number of nitrogens with zero attached hydrogens (tertiary/aromatic N) is 1. The van der Waals surface area contributed by atoms with Gasteiger partial charge < -0.3 is 16.0 Å². The molecule has 0 saturated carbocycles. The number of hydrogen-bond donors (Lipinski definition) is 2. The number of quaternary nitrogens is 1. The maximum atomic E-state index is 10.5. The minimum Gasteiger partial charge on any atom is -0.370 e. The maximum absolute atomic E-state index is 10.5. The number of rotatable bonds is 17. The van der Waals surface area contributed by atoms with E-state index < -0.39 is 0 Å². The van der Waals surface area contributed by atoms with Crippen LogP contribution in [0.25, 0.3) is 0 Å². The first-order valence-electron chi connectivity index (χ1n) is 11.1. The Balaban J connectivity index is 0. The van der Waals surface area contributed by atoms with Crippen LogP contribution < -0.4 is 11.5 Å². The van der Waals surface area contributed by atoms with Gasteiger partial charge in [0.1, 0.15) is 0 Å². The van der Waals surface area contributed by atoms with Crippen LogP contribution in [-0.4, -0.2) is 44.6 Å². The normalized spacial score (nSPS) is 11.1. The van der Waals surface area contributed by atoms with E-state index in [-0.39, 0.29) is 5.91 Å². The van der Waals surface area contributed by atoms with Crippen molar-refractivity contribution in [3.63, 3.8) is 0 Å². The van der Waals surface area contributed by atoms with Crippen LogP contribution in [-0.2, 0) is 4.79 Å². The molecule has 0 radical (unpaired) electrons. The fourth-order valence-electron chi connectivity index (χ4n) is 2.88. The molecule has 4 heteroatoms. The quantitative estimate of drug-likeness (QED) is 0.279. The molecule has 0 spiro atoms. The van der Waals surface area contributed by atoms with Crippen LogP contribution in [0, 0.1) is 0 Å². The van der Waals surface area contributed by atoms with E-state index in [1.807, 2.05) is 0 Å². The summed E-state index contributed by atoms with van der Waals surface area (Å²) in [5.74, 6) is -0.155. The third-order valence-corrected chi connectivity index (χ3v) is 4.56. The minimum atomic E-state index is -0.155. The van der Waals surface area contributed by atoms with Gasteiger partial charge in [0, 0.05) is 12.8 Å². The Morgan fingerprint density at radius 2 is 1.08 bits per heavy atom. The van der Waals surface area contributed by atoms with Crippen LogP contribution in [0.4, 0.5) is 0 Å². The zero-order valence-corrected chi connectivity index (χ0v) is 18.5. The molecule has 0 heterocycles. The summed E-state index contributed by atoms with van der Waals surface area (Å²) < 4.78 is 1.02. The van der Waals surface area contributed by atoms with E-state index in [1.54, 1.807) is 0 Å². The van der Waals surface area contributed by atoms with Crippen molar-refractivity contribution in [3.05, 3.63) is 0 Å². The highest BCUT2D eigenvalue weighted by Gasteiger charge is 2.03. The molecular weight excluding hydrogens is 322 g/mol. The molecule has 0 atom stereocenters. The molecule has 158 valence electrons. The largest absolute Gasteiger partial charge is 0.370 e. The number of carbonyl (C=O) groups is 1. The van der Waals surface area contributed by atoms with Gasteiger partial charge in [0.15, 0.2) is 0 Å². The molecule has 0 aromatic heterocycles. The van der Waals surface area contributed by atoms with Gasteiger partial charge in [0.2, 0.25) is 5.91 Å². The zero-order chi connectivity index (χ0) is 20.1. The van der Waals surface area contributed by atoms with Gasteiger partial charge in [-0.25, -0.2) is 0 Å². The highest BCUT2D eigenvalue weighted by Crippen LogP contribution is 2.12. The van der Waals surface area contributed by atoms with Gasteiger partial charge in [-0.3, -0.25) is 4.79 Å². The van der Waals surface area contributed by atoms with Crippen LogP contribution in [0.15, 0.2) is 0 Å². The summed E-state index contributed by atoms with van der Waals surface area (Å²) in [5.41, 5.74) is 10.4. The average Bonchev–Trinajstić information content (AvgIpc) is 2.57. The van der Waals surface area contributed by atoms with Gasteiger partial charge in [0.05, 0.1) is 27.7 Å². The highest BCUT2D eigenvalue weighted by atomic mass is 16.1. The molecule has 26 heavy (non-hydrogen) atoms. The summed E-state index contributed by atoms with van der Waals surface area (Å²) in [6.07, 6.45) is 19.1. The van der Waals surface area contributed by atoms with E-state index in [9.17, 15) is 4.79 Å². The molecule has 0 bridgehead atoms. The lowest BCUT2D eigenvalue weighted by atomic mass is 10.0. The first-order valence-corrected chi connectivity index (χ1v) is 11.1. The summed E-state index contributed by atoms with van der Waals surface area (Å²) in [7, 11) is 6.53. The Hall–Kier alpha value is -0.610. The van der Waals surface area contributed by atoms with E-state index in [1.165, 1.54) is 83.6 Å². The van der Waals surface area contributed by atoms with E-state index in [0.29, 0.717) is 6.42 Å². The van der Waals surface area contributed by atoms with E-state index >= 15 is 0 Å². The monoisotopic (exact) mass is 372 g/mol. The Morgan fingerprint density at radius 1 is 0.692 bits per heavy atom. The van der Waals surface area contributed by atoms with Crippen molar-refractivity contribution < 1.29 is 9.28 Å². The third kappa shape index (κ3) is 31.2. The van der Waals surface area contributed by atoms with Crippen molar-refractivity contribution in [3.8, 4) is 0 Å². The van der Waals surface area contributed by atoms with Gasteiger partial charge in [-0.15, -0.1) is 0 Å². The third-order valence-electron chi connectivity index (χ3n) is 4.56. The second-order valence-corrected chi connectivity index (χ2v) is 8.62. The molecular formula is C22H50N3O+. The van der Waals surface area contributed by atoms with E-state index in [4.69, 9.17) is 11.5 Å². The van der Waals surface area contributed by atoms with Gasteiger partial charge in [-0.05, 0) is 13.0 Å².